The Bertz CT molecular complexity index is 1390. The molecule has 208 valence electrons. The first-order valence-electron chi connectivity index (χ1n) is 12.8. The van der Waals surface area contributed by atoms with Gasteiger partial charge in [-0.05, 0) is 46.2 Å². The number of likely N-dealkylation sites (N-methyl/N-ethyl adjacent to an activating group) is 1. The fourth-order valence-corrected chi connectivity index (χ4v) is 8.06. The quantitative estimate of drug-likeness (QED) is 0.238. The number of nitriles is 1. The summed E-state index contributed by atoms with van der Waals surface area (Å²) in [5, 5.41) is 14.8. The van der Waals surface area contributed by atoms with Crippen molar-refractivity contribution in [2.45, 2.75) is 44.6 Å². The van der Waals surface area contributed by atoms with E-state index in [0.717, 1.165) is 73.9 Å². The van der Waals surface area contributed by atoms with E-state index in [4.69, 9.17) is 20.2 Å². The van der Waals surface area contributed by atoms with E-state index in [1.54, 1.807) is 0 Å². The second kappa shape index (κ2) is 12.1. The average Bonchev–Trinajstić information content (AvgIpc) is 3.52. The number of fused-ring (bicyclic) bond motifs is 1. The van der Waals surface area contributed by atoms with Crippen molar-refractivity contribution >= 4 is 96.4 Å². The van der Waals surface area contributed by atoms with Crippen LogP contribution in [0.3, 0.4) is 0 Å². The number of halogens is 3. The molecule has 0 bridgehead atoms. The minimum absolute atomic E-state index is 0.322. The van der Waals surface area contributed by atoms with Crippen LogP contribution in [0.4, 0.5) is 16.5 Å². The SMILES string of the molecule is CC1CN(I)CCN1c1cc(N(I)CCN(C)I)cc(-c2noc(C3(C)CCCc4sc(N)c(C#N)c43)n2)n1. The van der Waals surface area contributed by atoms with Crippen molar-refractivity contribution < 1.29 is 4.52 Å². The number of aromatic nitrogens is 3. The molecule has 14 heteroatoms. The van der Waals surface area contributed by atoms with Crippen molar-refractivity contribution in [3.8, 4) is 17.6 Å². The molecule has 4 heterocycles. The van der Waals surface area contributed by atoms with E-state index in [1.165, 1.54) is 11.3 Å². The van der Waals surface area contributed by atoms with E-state index in [2.05, 4.69) is 121 Å². The third kappa shape index (κ3) is 5.98. The first-order valence-corrected chi connectivity index (χ1v) is 16.5. The molecule has 39 heavy (non-hydrogen) atoms. The van der Waals surface area contributed by atoms with Crippen LogP contribution in [0.2, 0.25) is 0 Å². The zero-order valence-corrected chi connectivity index (χ0v) is 29.3. The molecule has 1 aliphatic carbocycles. The summed E-state index contributed by atoms with van der Waals surface area (Å²) >= 11 is 8.58. The minimum Gasteiger partial charge on any atom is -0.389 e. The lowest BCUT2D eigenvalue weighted by atomic mass is 9.72. The number of nitrogens with zero attached hydrogens (tertiary/aromatic N) is 8. The molecular weight excluding hydrogens is 855 g/mol. The monoisotopic (exact) mass is 885 g/mol. The summed E-state index contributed by atoms with van der Waals surface area (Å²) in [5.74, 6) is 1.88. The number of rotatable bonds is 7. The van der Waals surface area contributed by atoms with Crippen LogP contribution in [0.1, 0.15) is 48.6 Å². The van der Waals surface area contributed by atoms with Gasteiger partial charge in [-0.3, -0.25) is 0 Å². The van der Waals surface area contributed by atoms with Gasteiger partial charge >= 0.3 is 0 Å². The Hall–Kier alpha value is -1.01. The van der Waals surface area contributed by atoms with Gasteiger partial charge in [-0.15, -0.1) is 11.3 Å². The number of pyridine rings is 1. The van der Waals surface area contributed by atoms with Crippen molar-refractivity contribution in [2.24, 2.45) is 0 Å². The van der Waals surface area contributed by atoms with E-state index >= 15 is 0 Å². The van der Waals surface area contributed by atoms with E-state index in [-0.39, 0.29) is 0 Å². The van der Waals surface area contributed by atoms with Gasteiger partial charge in [-0.25, -0.2) is 11.2 Å². The predicted molar refractivity (Wildman–Crippen MR) is 181 cm³/mol. The number of hydrogen-bond acceptors (Lipinski definition) is 11. The number of hydrogen-bond donors (Lipinski definition) is 1. The summed E-state index contributed by atoms with van der Waals surface area (Å²) in [4.78, 5) is 13.5. The summed E-state index contributed by atoms with van der Waals surface area (Å²) in [5.41, 5.74) is 8.88. The Labute approximate surface area is 274 Å². The van der Waals surface area contributed by atoms with E-state index in [0.29, 0.717) is 34.0 Å². The van der Waals surface area contributed by atoms with Crippen molar-refractivity contribution in [3.63, 3.8) is 0 Å². The number of thiophene rings is 1. The summed E-state index contributed by atoms with van der Waals surface area (Å²) in [7, 11) is 2.07. The molecule has 2 N–H and O–H groups in total. The maximum absolute atomic E-state index is 9.86. The maximum atomic E-state index is 9.86. The summed E-state index contributed by atoms with van der Waals surface area (Å²) in [6.45, 7) is 8.92. The molecule has 2 atom stereocenters. The van der Waals surface area contributed by atoms with Gasteiger partial charge < -0.3 is 18.3 Å². The minimum atomic E-state index is -0.566. The lowest BCUT2D eigenvalue weighted by Gasteiger charge is -2.38. The van der Waals surface area contributed by atoms with Crippen LogP contribution in [0.25, 0.3) is 11.5 Å². The molecule has 5 rings (SSSR count). The van der Waals surface area contributed by atoms with Gasteiger partial charge in [0.1, 0.15) is 22.6 Å². The highest BCUT2D eigenvalue weighted by molar-refractivity contribution is 14.1. The summed E-state index contributed by atoms with van der Waals surface area (Å²) in [6, 6.07) is 6.84. The molecule has 3 aromatic rings. The number of nitrogen functional groups attached to an aromatic ring is 1. The maximum Gasteiger partial charge on any atom is 0.237 e. The Morgan fingerprint density at radius 1 is 1.28 bits per heavy atom. The second-order valence-electron chi connectivity index (χ2n) is 10.3. The van der Waals surface area contributed by atoms with Gasteiger partial charge in [0.05, 0.1) is 39.5 Å². The van der Waals surface area contributed by atoms with Crippen molar-refractivity contribution in [2.75, 3.05) is 53.5 Å². The summed E-state index contributed by atoms with van der Waals surface area (Å²) in [6.07, 6.45) is 2.70. The summed E-state index contributed by atoms with van der Waals surface area (Å²) < 4.78 is 12.6. The smallest absolute Gasteiger partial charge is 0.237 e. The molecule has 2 aliphatic rings. The van der Waals surface area contributed by atoms with Gasteiger partial charge in [-0.2, -0.15) is 10.2 Å². The zero-order chi connectivity index (χ0) is 27.9. The third-order valence-corrected chi connectivity index (χ3v) is 10.9. The molecule has 1 fully saturated rings. The van der Waals surface area contributed by atoms with Gasteiger partial charge in [0.25, 0.3) is 0 Å². The molecule has 0 amide bonds. The lowest BCUT2D eigenvalue weighted by Crippen LogP contribution is -2.49. The normalized spacial score (nSPS) is 21.7. The molecule has 3 aromatic heterocycles. The molecule has 0 radical (unpaired) electrons. The van der Waals surface area contributed by atoms with Gasteiger partial charge in [0, 0.05) is 101 Å². The highest BCUT2D eigenvalue weighted by Crippen LogP contribution is 2.48. The Balaban J connectivity index is 1.54. The fraction of sp³-hybridized carbons (Fsp3) is 0.520. The van der Waals surface area contributed by atoms with Crippen LogP contribution in [0.15, 0.2) is 16.7 Å². The fourth-order valence-electron chi connectivity index (χ4n) is 5.37. The van der Waals surface area contributed by atoms with Gasteiger partial charge in [-0.1, -0.05) is 5.16 Å². The molecule has 1 aliphatic heterocycles. The standard InChI is InChI=1S/C25H30I3N9OS/c1-15-14-35(27)8-9-36(15)20-12-16(37(28)10-7-34(3)26)11-18(31-20)23-32-24(38-33-23)25(2)6-4-5-19-21(25)17(13-29)22(30)39-19/h11-12,15H,4-10,14,30H2,1-3H3. The number of nitrogens with two attached hydrogens (primary N) is 1. The molecule has 0 spiro atoms. The molecule has 10 nitrogen and oxygen atoms in total. The van der Waals surface area contributed by atoms with Crippen molar-refractivity contribution in [3.05, 3.63) is 34.0 Å². The van der Waals surface area contributed by atoms with Crippen LogP contribution in [-0.4, -0.2) is 67.2 Å². The highest BCUT2D eigenvalue weighted by atomic mass is 127. The second-order valence-corrected chi connectivity index (χ2v) is 15.6. The van der Waals surface area contributed by atoms with Crippen LogP contribution >= 0.6 is 79.9 Å². The average molecular weight is 885 g/mol. The number of piperazine rings is 1. The molecule has 0 saturated carbocycles. The molecule has 1 saturated heterocycles. The molecular formula is C25H30I3N9OS. The molecule has 2 unspecified atom stereocenters. The van der Waals surface area contributed by atoms with Crippen LogP contribution in [0.5, 0.6) is 0 Å². The largest absolute Gasteiger partial charge is 0.389 e. The first kappa shape index (κ1) is 29.5. The Kier molecular flexibility index (Phi) is 9.13. The van der Waals surface area contributed by atoms with Gasteiger partial charge in [0.15, 0.2) is 0 Å². The number of aryl methyl sites for hydroxylation is 1. The zero-order valence-electron chi connectivity index (χ0n) is 22.0. The third-order valence-electron chi connectivity index (χ3n) is 7.43. The van der Waals surface area contributed by atoms with Crippen molar-refractivity contribution in [1.29, 1.82) is 5.26 Å². The van der Waals surface area contributed by atoms with Crippen LogP contribution < -0.4 is 13.7 Å². The van der Waals surface area contributed by atoms with Gasteiger partial charge in [0.2, 0.25) is 11.7 Å². The topological polar surface area (TPSA) is 115 Å². The van der Waals surface area contributed by atoms with Crippen LogP contribution in [0, 0.1) is 11.3 Å². The lowest BCUT2D eigenvalue weighted by molar-refractivity contribution is 0.300. The van der Waals surface area contributed by atoms with E-state index in [9.17, 15) is 5.26 Å². The Morgan fingerprint density at radius 3 is 2.79 bits per heavy atom. The predicted octanol–water partition coefficient (Wildman–Crippen LogP) is 5.59. The first-order chi connectivity index (χ1) is 18.6. The highest BCUT2D eigenvalue weighted by Gasteiger charge is 2.43. The molecule has 0 aromatic carbocycles. The van der Waals surface area contributed by atoms with Crippen LogP contribution in [-0.2, 0) is 11.8 Å². The number of anilines is 3. The van der Waals surface area contributed by atoms with E-state index < -0.39 is 5.41 Å². The Morgan fingerprint density at radius 2 is 2.08 bits per heavy atom. The van der Waals surface area contributed by atoms with Crippen molar-refractivity contribution in [1.82, 2.24) is 21.4 Å². The van der Waals surface area contributed by atoms with E-state index in [1.807, 2.05) is 6.07 Å².